The number of fused-ring (bicyclic) bond motifs is 3. The zero-order valence-corrected chi connectivity index (χ0v) is 17.0. The fraction of sp³-hybridized carbons (Fsp3) is 0.0400. The van der Waals surface area contributed by atoms with Crippen molar-refractivity contribution in [2.24, 2.45) is 0 Å². The Balaban J connectivity index is 1.45. The van der Waals surface area contributed by atoms with Gasteiger partial charge in [-0.25, -0.2) is 4.98 Å². The first kappa shape index (κ1) is 19.4. The lowest BCUT2D eigenvalue weighted by atomic mass is 10.1. The maximum Gasteiger partial charge on any atom is 0.272 e. The number of hydrogen-bond donors (Lipinski definition) is 1. The number of carbonyl (C=O) groups excluding carboxylic acids is 1. The maximum absolute atomic E-state index is 12.7. The van der Waals surface area contributed by atoms with Crippen molar-refractivity contribution in [2.75, 3.05) is 5.32 Å². The van der Waals surface area contributed by atoms with Crippen LogP contribution in [0.3, 0.4) is 0 Å². The fourth-order valence-corrected chi connectivity index (χ4v) is 3.72. The molecule has 7 nitrogen and oxygen atoms in total. The van der Waals surface area contributed by atoms with Gasteiger partial charge >= 0.3 is 0 Å². The van der Waals surface area contributed by atoms with Crippen LogP contribution in [0.25, 0.3) is 33.3 Å². The molecule has 32 heavy (non-hydrogen) atoms. The van der Waals surface area contributed by atoms with Crippen molar-refractivity contribution in [3.63, 3.8) is 0 Å². The Kier molecular flexibility index (Phi) is 4.63. The summed E-state index contributed by atoms with van der Waals surface area (Å²) in [6.07, 6.45) is 0. The van der Waals surface area contributed by atoms with Gasteiger partial charge in [-0.15, -0.1) is 0 Å². The minimum absolute atomic E-state index is 0.0213. The van der Waals surface area contributed by atoms with Gasteiger partial charge in [0, 0.05) is 33.8 Å². The van der Waals surface area contributed by atoms with Crippen molar-refractivity contribution in [1.29, 1.82) is 0 Å². The quantitative estimate of drug-likeness (QED) is 0.277. The first-order chi connectivity index (χ1) is 15.5. The number of carbonyl (C=O) groups is 1. The average molecular weight is 423 g/mol. The van der Waals surface area contributed by atoms with E-state index in [0.717, 1.165) is 21.9 Å². The van der Waals surface area contributed by atoms with E-state index in [-0.39, 0.29) is 11.6 Å². The van der Waals surface area contributed by atoms with Gasteiger partial charge in [0.05, 0.1) is 4.92 Å². The third kappa shape index (κ3) is 3.45. The highest BCUT2D eigenvalue weighted by atomic mass is 16.6. The van der Waals surface area contributed by atoms with Crippen molar-refractivity contribution in [3.8, 4) is 11.5 Å². The standard InChI is InChI=1S/C25H17N3O4/c1-15-13-17(9-11-21(15)28(30)31)24(29)26-19-7-4-6-18(14-19)25-27-23-20-8-3-2-5-16(20)10-12-22(23)32-25/h2-14H,1H3,(H,26,29). The summed E-state index contributed by atoms with van der Waals surface area (Å²) in [4.78, 5) is 27.9. The molecule has 0 atom stereocenters. The molecule has 7 heteroatoms. The van der Waals surface area contributed by atoms with Crippen LogP contribution in [-0.2, 0) is 0 Å². The van der Waals surface area contributed by atoms with Gasteiger partial charge < -0.3 is 9.73 Å². The molecule has 4 aromatic carbocycles. The first-order valence-corrected chi connectivity index (χ1v) is 9.95. The van der Waals surface area contributed by atoms with Crippen LogP contribution in [-0.4, -0.2) is 15.8 Å². The van der Waals surface area contributed by atoms with Gasteiger partial charge in [0.15, 0.2) is 5.58 Å². The summed E-state index contributed by atoms with van der Waals surface area (Å²) in [5.41, 5.74) is 3.51. The van der Waals surface area contributed by atoms with Gasteiger partial charge in [0.25, 0.3) is 11.6 Å². The third-order valence-corrected chi connectivity index (χ3v) is 5.31. The minimum atomic E-state index is -0.468. The fourth-order valence-electron chi connectivity index (χ4n) is 3.72. The predicted molar refractivity (Wildman–Crippen MR) is 123 cm³/mol. The van der Waals surface area contributed by atoms with E-state index in [2.05, 4.69) is 10.3 Å². The number of amides is 1. The normalized spacial score (nSPS) is 11.0. The number of anilines is 1. The second kappa shape index (κ2) is 7.63. The highest BCUT2D eigenvalue weighted by Gasteiger charge is 2.15. The number of nitrogens with zero attached hydrogens (tertiary/aromatic N) is 2. The van der Waals surface area contributed by atoms with Crippen LogP contribution in [0.1, 0.15) is 15.9 Å². The number of hydrogen-bond acceptors (Lipinski definition) is 5. The van der Waals surface area contributed by atoms with Crippen molar-refractivity contribution >= 4 is 39.2 Å². The summed E-state index contributed by atoms with van der Waals surface area (Å²) in [6, 6.07) is 23.4. The number of nitrogens with one attached hydrogen (secondary N) is 1. The zero-order valence-electron chi connectivity index (χ0n) is 17.0. The summed E-state index contributed by atoms with van der Waals surface area (Å²) in [5, 5.41) is 15.9. The maximum atomic E-state index is 12.7. The van der Waals surface area contributed by atoms with Crippen LogP contribution < -0.4 is 5.32 Å². The first-order valence-electron chi connectivity index (χ1n) is 9.95. The highest BCUT2D eigenvalue weighted by molar-refractivity contribution is 6.05. The van der Waals surface area contributed by atoms with Crippen molar-refractivity contribution in [2.45, 2.75) is 6.92 Å². The third-order valence-electron chi connectivity index (χ3n) is 5.31. The smallest absolute Gasteiger partial charge is 0.272 e. The van der Waals surface area contributed by atoms with E-state index < -0.39 is 4.92 Å². The van der Waals surface area contributed by atoms with Crippen LogP contribution in [0.4, 0.5) is 11.4 Å². The van der Waals surface area contributed by atoms with Gasteiger partial charge in [-0.2, -0.15) is 0 Å². The van der Waals surface area contributed by atoms with Gasteiger partial charge in [-0.1, -0.05) is 36.4 Å². The summed E-state index contributed by atoms with van der Waals surface area (Å²) in [6.45, 7) is 1.60. The van der Waals surface area contributed by atoms with Gasteiger partial charge in [-0.05, 0) is 48.7 Å². The molecule has 1 amide bonds. The molecule has 0 radical (unpaired) electrons. The summed E-state index contributed by atoms with van der Waals surface area (Å²) < 4.78 is 5.97. The Morgan fingerprint density at radius 3 is 2.66 bits per heavy atom. The van der Waals surface area contributed by atoms with Crippen molar-refractivity contribution in [3.05, 3.63) is 100 Å². The van der Waals surface area contributed by atoms with Crippen LogP contribution in [0.2, 0.25) is 0 Å². The molecular weight excluding hydrogens is 406 g/mol. The number of aromatic nitrogens is 1. The largest absolute Gasteiger partial charge is 0.436 e. The number of nitro benzene ring substituents is 1. The number of benzene rings is 4. The molecule has 0 spiro atoms. The van der Waals surface area contributed by atoms with Crippen molar-refractivity contribution in [1.82, 2.24) is 4.98 Å². The molecule has 1 heterocycles. The van der Waals surface area contributed by atoms with E-state index in [1.807, 2.05) is 42.5 Å². The Morgan fingerprint density at radius 1 is 1.00 bits per heavy atom. The second-order valence-corrected chi connectivity index (χ2v) is 7.45. The SMILES string of the molecule is Cc1cc(C(=O)Nc2cccc(-c3nc4c(ccc5ccccc54)o3)c2)ccc1[N+](=O)[O-]. The average Bonchev–Trinajstić information content (AvgIpc) is 3.24. The molecule has 0 fully saturated rings. The van der Waals surface area contributed by atoms with E-state index in [0.29, 0.717) is 28.3 Å². The Labute approximate surface area is 182 Å². The van der Waals surface area contributed by atoms with Crippen molar-refractivity contribution < 1.29 is 14.1 Å². The number of rotatable bonds is 4. The Hall–Kier alpha value is -4.52. The monoisotopic (exact) mass is 423 g/mol. The van der Waals surface area contributed by atoms with E-state index in [1.165, 1.54) is 18.2 Å². The lowest BCUT2D eigenvalue weighted by molar-refractivity contribution is -0.385. The topological polar surface area (TPSA) is 98.3 Å². The molecule has 1 N–H and O–H groups in total. The van der Waals surface area contributed by atoms with E-state index in [4.69, 9.17) is 4.42 Å². The number of oxazole rings is 1. The van der Waals surface area contributed by atoms with Crippen LogP contribution >= 0.6 is 0 Å². The molecule has 0 unspecified atom stereocenters. The molecular formula is C25H17N3O4. The molecule has 1 aromatic heterocycles. The summed E-state index contributed by atoms with van der Waals surface area (Å²) >= 11 is 0. The van der Waals surface area contributed by atoms with Gasteiger partial charge in [0.2, 0.25) is 5.89 Å². The molecule has 0 aliphatic rings. The van der Waals surface area contributed by atoms with Gasteiger partial charge in [-0.3, -0.25) is 14.9 Å². The molecule has 0 bridgehead atoms. The summed E-state index contributed by atoms with van der Waals surface area (Å²) in [5.74, 6) is 0.0994. The number of aryl methyl sites for hydroxylation is 1. The van der Waals surface area contributed by atoms with Crippen LogP contribution in [0.15, 0.2) is 83.3 Å². The molecule has 0 aliphatic carbocycles. The molecule has 0 saturated carbocycles. The lowest BCUT2D eigenvalue weighted by Gasteiger charge is -2.07. The second-order valence-electron chi connectivity index (χ2n) is 7.45. The van der Waals surface area contributed by atoms with E-state index in [1.54, 1.807) is 25.1 Å². The lowest BCUT2D eigenvalue weighted by Crippen LogP contribution is -2.12. The van der Waals surface area contributed by atoms with E-state index >= 15 is 0 Å². The van der Waals surface area contributed by atoms with Crippen LogP contribution in [0, 0.1) is 17.0 Å². The molecule has 156 valence electrons. The predicted octanol–water partition coefficient (Wildman–Crippen LogP) is 6.12. The zero-order chi connectivity index (χ0) is 22.2. The summed E-state index contributed by atoms with van der Waals surface area (Å²) in [7, 11) is 0. The van der Waals surface area contributed by atoms with Crippen LogP contribution in [0.5, 0.6) is 0 Å². The highest BCUT2D eigenvalue weighted by Crippen LogP contribution is 2.30. The van der Waals surface area contributed by atoms with Gasteiger partial charge in [0.1, 0.15) is 5.52 Å². The molecule has 0 saturated heterocycles. The molecule has 5 rings (SSSR count). The number of nitro groups is 1. The Morgan fingerprint density at radius 2 is 1.84 bits per heavy atom. The van der Waals surface area contributed by atoms with E-state index in [9.17, 15) is 14.9 Å². The Bertz CT molecular complexity index is 1520. The molecule has 0 aliphatic heterocycles. The molecule has 5 aromatic rings. The minimum Gasteiger partial charge on any atom is -0.436 e.